The maximum absolute atomic E-state index is 13.1. The second-order valence-electron chi connectivity index (χ2n) is 6.92. The molecule has 3 aromatic rings. The van der Waals surface area contributed by atoms with Gasteiger partial charge in [-0.15, -0.1) is 11.8 Å². The quantitative estimate of drug-likeness (QED) is 0.416. The third-order valence-corrected chi connectivity index (χ3v) is 7.46. The van der Waals surface area contributed by atoms with Crippen molar-refractivity contribution in [3.8, 4) is 0 Å². The molecule has 1 N–H and O–H groups in total. The van der Waals surface area contributed by atoms with Crippen LogP contribution in [0, 0.1) is 0 Å². The number of nitrogens with one attached hydrogen (secondary N) is 1. The van der Waals surface area contributed by atoms with Gasteiger partial charge in [0.15, 0.2) is 0 Å². The number of nitrogens with zero attached hydrogens (tertiary/aromatic N) is 1. The summed E-state index contributed by atoms with van der Waals surface area (Å²) in [6.45, 7) is 1.87. The Morgan fingerprint density at radius 1 is 1.00 bits per heavy atom. The first kappa shape index (κ1) is 24.7. The van der Waals surface area contributed by atoms with Gasteiger partial charge in [0.2, 0.25) is 0 Å². The predicted molar refractivity (Wildman–Crippen MR) is 124 cm³/mol. The summed E-state index contributed by atoms with van der Waals surface area (Å²) in [5, 5.41) is 2.43. The van der Waals surface area contributed by atoms with Crippen LogP contribution in [0.2, 0.25) is 0 Å². The lowest BCUT2D eigenvalue weighted by Crippen LogP contribution is -2.30. The Labute approximate surface area is 194 Å². The molecule has 0 fully saturated rings. The number of alkyl halides is 3. The van der Waals surface area contributed by atoms with Crippen molar-refractivity contribution in [2.75, 3.05) is 22.4 Å². The van der Waals surface area contributed by atoms with Crippen LogP contribution in [-0.2, 0) is 16.2 Å². The Balaban J connectivity index is 1.80. The number of benzene rings is 3. The minimum atomic E-state index is -4.52. The fourth-order valence-electron chi connectivity index (χ4n) is 3.12. The fraction of sp³-hybridized carbons (Fsp3) is 0.174. The van der Waals surface area contributed by atoms with E-state index < -0.39 is 27.7 Å². The highest BCUT2D eigenvalue weighted by atomic mass is 32.2. The Morgan fingerprint density at radius 3 is 2.18 bits per heavy atom. The van der Waals surface area contributed by atoms with Crippen LogP contribution in [0.1, 0.15) is 22.8 Å². The topological polar surface area (TPSA) is 66.5 Å². The van der Waals surface area contributed by atoms with Crippen molar-refractivity contribution in [1.82, 2.24) is 0 Å². The fourth-order valence-corrected chi connectivity index (χ4v) is 5.00. The number of halogens is 3. The molecular weight excluding hydrogens is 473 g/mol. The SMILES string of the molecule is CCN(c1ccc(C(=O)Nc2cccc(C(F)(F)F)c2)cc1)S(=O)(=O)c1ccc(SC)cc1. The predicted octanol–water partition coefficient (Wildman–Crippen LogP) is 5.89. The lowest BCUT2D eigenvalue weighted by atomic mass is 10.1. The maximum atomic E-state index is 13.1. The molecule has 174 valence electrons. The van der Waals surface area contributed by atoms with Crippen molar-refractivity contribution < 1.29 is 26.4 Å². The summed E-state index contributed by atoms with van der Waals surface area (Å²) >= 11 is 1.50. The summed E-state index contributed by atoms with van der Waals surface area (Å²) in [4.78, 5) is 13.6. The van der Waals surface area contributed by atoms with Crippen molar-refractivity contribution in [2.45, 2.75) is 22.9 Å². The zero-order valence-corrected chi connectivity index (χ0v) is 19.4. The lowest BCUT2D eigenvalue weighted by molar-refractivity contribution is -0.137. The molecule has 0 unspecified atom stereocenters. The van der Waals surface area contributed by atoms with Crippen LogP contribution < -0.4 is 9.62 Å². The van der Waals surface area contributed by atoms with Crippen molar-refractivity contribution >= 4 is 39.1 Å². The minimum absolute atomic E-state index is 0.00496. The van der Waals surface area contributed by atoms with Gasteiger partial charge in [-0.1, -0.05) is 6.07 Å². The van der Waals surface area contributed by atoms with Crippen LogP contribution in [-0.4, -0.2) is 27.1 Å². The first-order valence-electron chi connectivity index (χ1n) is 9.81. The standard InChI is InChI=1S/C23H21F3N2O3S2/c1-3-28(33(30,31)21-13-11-20(32-2)12-14-21)19-9-7-16(8-10-19)22(29)27-18-6-4-5-17(15-18)23(24,25)26/h4-15H,3H2,1-2H3,(H,27,29). The zero-order chi connectivity index (χ0) is 24.2. The molecule has 0 bridgehead atoms. The van der Waals surface area contributed by atoms with E-state index in [-0.39, 0.29) is 22.7 Å². The van der Waals surface area contributed by atoms with Crippen molar-refractivity contribution in [1.29, 1.82) is 0 Å². The van der Waals surface area contributed by atoms with Crippen LogP contribution in [0.25, 0.3) is 0 Å². The second kappa shape index (κ2) is 9.88. The van der Waals surface area contributed by atoms with Crippen LogP contribution >= 0.6 is 11.8 Å². The van der Waals surface area contributed by atoms with Gasteiger partial charge in [0.1, 0.15) is 0 Å². The maximum Gasteiger partial charge on any atom is 0.416 e. The molecule has 0 saturated carbocycles. The molecule has 0 aliphatic rings. The number of anilines is 2. The molecule has 0 aliphatic carbocycles. The third-order valence-electron chi connectivity index (χ3n) is 4.80. The van der Waals surface area contributed by atoms with E-state index in [1.165, 1.54) is 52.5 Å². The number of carbonyl (C=O) groups is 1. The van der Waals surface area contributed by atoms with Gasteiger partial charge in [-0.05, 0) is 79.9 Å². The molecule has 0 spiro atoms. The molecule has 0 aliphatic heterocycles. The van der Waals surface area contributed by atoms with Gasteiger partial charge in [-0.3, -0.25) is 9.10 Å². The molecule has 33 heavy (non-hydrogen) atoms. The Hall–Kier alpha value is -2.98. The average molecular weight is 495 g/mol. The number of hydrogen-bond acceptors (Lipinski definition) is 4. The lowest BCUT2D eigenvalue weighted by Gasteiger charge is -2.23. The summed E-state index contributed by atoms with van der Waals surface area (Å²) in [7, 11) is -3.81. The highest BCUT2D eigenvalue weighted by Crippen LogP contribution is 2.31. The molecular formula is C23H21F3N2O3S2. The van der Waals surface area contributed by atoms with E-state index in [1.54, 1.807) is 31.2 Å². The number of hydrogen-bond donors (Lipinski definition) is 1. The van der Waals surface area contributed by atoms with E-state index in [0.29, 0.717) is 5.69 Å². The van der Waals surface area contributed by atoms with Gasteiger partial charge < -0.3 is 5.32 Å². The molecule has 0 saturated heterocycles. The number of thioether (sulfide) groups is 1. The average Bonchev–Trinajstić information content (AvgIpc) is 2.79. The molecule has 0 aromatic heterocycles. The summed E-state index contributed by atoms with van der Waals surface area (Å²) in [6.07, 6.45) is -2.63. The summed E-state index contributed by atoms with van der Waals surface area (Å²) in [5.74, 6) is -0.612. The van der Waals surface area contributed by atoms with Crippen LogP contribution in [0.15, 0.2) is 82.6 Å². The molecule has 0 heterocycles. The van der Waals surface area contributed by atoms with Crippen LogP contribution in [0.5, 0.6) is 0 Å². The monoisotopic (exact) mass is 494 g/mol. The van der Waals surface area contributed by atoms with Crippen LogP contribution in [0.3, 0.4) is 0 Å². The first-order chi connectivity index (χ1) is 15.6. The molecule has 10 heteroatoms. The van der Waals surface area contributed by atoms with Gasteiger partial charge in [0.25, 0.3) is 15.9 Å². The van der Waals surface area contributed by atoms with Gasteiger partial charge >= 0.3 is 6.18 Å². The van der Waals surface area contributed by atoms with E-state index >= 15 is 0 Å². The Morgan fingerprint density at radius 2 is 1.64 bits per heavy atom. The van der Waals surface area contributed by atoms with Crippen molar-refractivity contribution in [3.63, 3.8) is 0 Å². The van der Waals surface area contributed by atoms with E-state index in [4.69, 9.17) is 0 Å². The second-order valence-corrected chi connectivity index (χ2v) is 9.67. The number of carbonyl (C=O) groups excluding carboxylic acids is 1. The molecule has 0 radical (unpaired) electrons. The first-order valence-corrected chi connectivity index (χ1v) is 12.5. The van der Waals surface area contributed by atoms with Crippen molar-refractivity contribution in [3.05, 3.63) is 83.9 Å². The van der Waals surface area contributed by atoms with E-state index in [9.17, 15) is 26.4 Å². The molecule has 3 aromatic carbocycles. The number of rotatable bonds is 7. The van der Waals surface area contributed by atoms with Crippen molar-refractivity contribution in [2.24, 2.45) is 0 Å². The highest BCUT2D eigenvalue weighted by Gasteiger charge is 2.30. The summed E-state index contributed by atoms with van der Waals surface area (Å²) in [6, 6.07) is 16.7. The van der Waals surface area contributed by atoms with Gasteiger partial charge in [0.05, 0.1) is 16.1 Å². The summed E-state index contributed by atoms with van der Waals surface area (Å²) in [5.41, 5.74) is -0.327. The smallest absolute Gasteiger partial charge is 0.322 e. The third kappa shape index (κ3) is 5.69. The Bertz CT molecular complexity index is 1230. The molecule has 1 amide bonds. The molecule has 3 rings (SSSR count). The van der Waals surface area contributed by atoms with Gasteiger partial charge in [0, 0.05) is 22.7 Å². The summed E-state index contributed by atoms with van der Waals surface area (Å²) < 4.78 is 66.0. The Kier molecular flexibility index (Phi) is 7.38. The van der Waals surface area contributed by atoms with Crippen LogP contribution in [0.4, 0.5) is 24.5 Å². The molecule has 0 atom stereocenters. The van der Waals surface area contributed by atoms with Gasteiger partial charge in [-0.2, -0.15) is 13.2 Å². The van der Waals surface area contributed by atoms with E-state index in [2.05, 4.69) is 5.32 Å². The van der Waals surface area contributed by atoms with E-state index in [0.717, 1.165) is 17.0 Å². The number of amides is 1. The largest absolute Gasteiger partial charge is 0.416 e. The normalized spacial score (nSPS) is 11.8. The van der Waals surface area contributed by atoms with E-state index in [1.807, 2.05) is 6.26 Å². The highest BCUT2D eigenvalue weighted by molar-refractivity contribution is 7.98. The molecule has 5 nitrogen and oxygen atoms in total. The van der Waals surface area contributed by atoms with Gasteiger partial charge in [-0.25, -0.2) is 8.42 Å². The zero-order valence-electron chi connectivity index (χ0n) is 17.8. The minimum Gasteiger partial charge on any atom is -0.322 e. The number of sulfonamides is 1.